The lowest BCUT2D eigenvalue weighted by molar-refractivity contribution is 1.07. The fourth-order valence-electron chi connectivity index (χ4n) is 9.10. The first kappa shape index (κ1) is 33.2. The van der Waals surface area contributed by atoms with Gasteiger partial charge in [-0.3, -0.25) is 0 Å². The molecule has 2 heterocycles. The van der Waals surface area contributed by atoms with E-state index in [1.807, 2.05) is 18.2 Å². The highest BCUT2D eigenvalue weighted by Crippen LogP contribution is 2.41. The van der Waals surface area contributed by atoms with Crippen molar-refractivity contribution in [3.8, 4) is 51.0 Å². The van der Waals surface area contributed by atoms with Crippen LogP contribution in [0.5, 0.6) is 0 Å². The molecular formula is C55H34N4. The number of nitrogens with zero attached hydrogens (tertiary/aromatic N) is 4. The van der Waals surface area contributed by atoms with Crippen LogP contribution in [0, 0.1) is 0 Å². The number of hydrogen-bond acceptors (Lipinski definition) is 3. The molecule has 0 N–H and O–H groups in total. The molecule has 0 atom stereocenters. The van der Waals surface area contributed by atoms with Crippen LogP contribution >= 0.6 is 0 Å². The lowest BCUT2D eigenvalue weighted by Crippen LogP contribution is -2.02. The van der Waals surface area contributed by atoms with E-state index >= 15 is 0 Å². The molecule has 0 fully saturated rings. The monoisotopic (exact) mass is 750 g/mol. The molecule has 59 heavy (non-hydrogen) atoms. The van der Waals surface area contributed by atoms with Gasteiger partial charge in [-0.2, -0.15) is 0 Å². The summed E-state index contributed by atoms with van der Waals surface area (Å²) in [4.78, 5) is 16.0. The predicted octanol–water partition coefficient (Wildman–Crippen LogP) is 14.2. The Labute approximate surface area is 340 Å². The molecule has 12 aromatic rings. The largest absolute Gasteiger partial charge is 0.309 e. The lowest BCUT2D eigenvalue weighted by Gasteiger charge is -2.16. The van der Waals surface area contributed by atoms with Gasteiger partial charge in [-0.25, -0.2) is 15.0 Å². The van der Waals surface area contributed by atoms with E-state index in [0.29, 0.717) is 17.5 Å². The SMILES string of the molecule is c1ccc(-c2nc(-c3cc(-c4cc5ccccc5c5ccccc45)cc(-n4c5ccccc5c5ccccc54)c3)nc(-c3cc4ccccc4c4ccccc34)n2)cc1. The average Bonchev–Trinajstić information content (AvgIpc) is 3.65. The molecule has 0 aliphatic carbocycles. The maximum atomic E-state index is 5.42. The first-order valence-corrected chi connectivity index (χ1v) is 20.0. The molecule has 12 rings (SSSR count). The molecule has 2 aromatic heterocycles. The van der Waals surface area contributed by atoms with Crippen LogP contribution in [0.3, 0.4) is 0 Å². The van der Waals surface area contributed by atoms with Crippen molar-refractivity contribution in [2.75, 3.05) is 0 Å². The van der Waals surface area contributed by atoms with Crippen LogP contribution in [0.15, 0.2) is 206 Å². The number of aromatic nitrogens is 4. The molecule has 0 aliphatic heterocycles. The second-order valence-corrected chi connectivity index (χ2v) is 15.2. The van der Waals surface area contributed by atoms with E-state index in [-0.39, 0.29) is 0 Å². The Morgan fingerprint density at radius 3 is 1.31 bits per heavy atom. The molecule has 4 heteroatoms. The highest BCUT2D eigenvalue weighted by molar-refractivity contribution is 6.15. The van der Waals surface area contributed by atoms with Crippen LogP contribution in [0.4, 0.5) is 0 Å². The van der Waals surface area contributed by atoms with Gasteiger partial charge in [0.2, 0.25) is 0 Å². The molecule has 4 nitrogen and oxygen atoms in total. The molecule has 0 amide bonds. The highest BCUT2D eigenvalue weighted by atomic mass is 15.0. The van der Waals surface area contributed by atoms with Gasteiger partial charge in [0.1, 0.15) is 0 Å². The Balaban J connectivity index is 1.18. The summed E-state index contributed by atoms with van der Waals surface area (Å²) in [6.45, 7) is 0. The van der Waals surface area contributed by atoms with Crippen LogP contribution < -0.4 is 0 Å². The quantitative estimate of drug-likeness (QED) is 0.165. The minimum Gasteiger partial charge on any atom is -0.309 e. The van der Waals surface area contributed by atoms with E-state index in [2.05, 4.69) is 193 Å². The number of para-hydroxylation sites is 2. The number of fused-ring (bicyclic) bond motifs is 9. The lowest BCUT2D eigenvalue weighted by atomic mass is 9.92. The summed E-state index contributed by atoms with van der Waals surface area (Å²) >= 11 is 0. The minimum atomic E-state index is 0.611. The minimum absolute atomic E-state index is 0.611. The molecule has 0 saturated carbocycles. The van der Waals surface area contributed by atoms with Gasteiger partial charge in [-0.1, -0.05) is 164 Å². The molecule has 10 aromatic carbocycles. The fraction of sp³-hybridized carbons (Fsp3) is 0. The zero-order valence-corrected chi connectivity index (χ0v) is 31.9. The summed E-state index contributed by atoms with van der Waals surface area (Å²) in [6.07, 6.45) is 0. The third kappa shape index (κ3) is 5.42. The first-order valence-electron chi connectivity index (χ1n) is 20.0. The van der Waals surface area contributed by atoms with Gasteiger partial charge in [0.25, 0.3) is 0 Å². The fourth-order valence-corrected chi connectivity index (χ4v) is 9.10. The van der Waals surface area contributed by atoms with Gasteiger partial charge in [0.15, 0.2) is 17.5 Å². The standard InChI is InChI=1S/C55H34N4/c1-2-16-35(17-3-1)53-56-54(58-55(57-53)50-34-37-19-5-7-21-42(37)44-23-9-11-25-46(44)50)39-30-38(49-33-36-18-4-6-20-41(36)43-22-8-10-24-45(43)49)31-40(32-39)59-51-28-14-12-26-47(51)48-27-13-15-29-52(48)59/h1-34H. The van der Waals surface area contributed by atoms with E-state index in [1.165, 1.54) is 43.1 Å². The van der Waals surface area contributed by atoms with Gasteiger partial charge in [0, 0.05) is 33.2 Å². The Hall–Kier alpha value is -7.95. The summed E-state index contributed by atoms with van der Waals surface area (Å²) in [6, 6.07) is 73.5. The Morgan fingerprint density at radius 2 is 0.695 bits per heavy atom. The number of rotatable bonds is 5. The van der Waals surface area contributed by atoms with E-state index < -0.39 is 0 Å². The molecule has 0 bridgehead atoms. The van der Waals surface area contributed by atoms with Crippen molar-refractivity contribution >= 4 is 64.9 Å². The second kappa shape index (κ2) is 13.3. The summed E-state index contributed by atoms with van der Waals surface area (Å²) in [7, 11) is 0. The molecule has 0 aliphatic rings. The predicted molar refractivity (Wildman–Crippen MR) is 246 cm³/mol. The van der Waals surface area contributed by atoms with E-state index in [1.54, 1.807) is 0 Å². The number of benzene rings is 10. The molecule has 274 valence electrons. The first-order chi connectivity index (χ1) is 29.2. The zero-order valence-electron chi connectivity index (χ0n) is 31.9. The van der Waals surface area contributed by atoms with Crippen molar-refractivity contribution in [1.29, 1.82) is 0 Å². The Kier molecular flexibility index (Phi) is 7.50. The van der Waals surface area contributed by atoms with Gasteiger partial charge >= 0.3 is 0 Å². The third-order valence-electron chi connectivity index (χ3n) is 11.8. The summed E-state index contributed by atoms with van der Waals surface area (Å²) in [5, 5.41) is 11.9. The Morgan fingerprint density at radius 1 is 0.271 bits per heavy atom. The van der Waals surface area contributed by atoms with Gasteiger partial charge < -0.3 is 4.57 Å². The maximum Gasteiger partial charge on any atom is 0.164 e. The summed E-state index contributed by atoms with van der Waals surface area (Å²) in [5.74, 6) is 1.87. The maximum absolute atomic E-state index is 5.42. The average molecular weight is 751 g/mol. The molecule has 0 spiro atoms. The Bertz CT molecular complexity index is 3570. The topological polar surface area (TPSA) is 43.6 Å². The van der Waals surface area contributed by atoms with Crippen molar-refractivity contribution in [2.45, 2.75) is 0 Å². The summed E-state index contributed by atoms with van der Waals surface area (Å²) in [5.41, 5.74) is 8.37. The molecule has 0 saturated heterocycles. The molecule has 0 radical (unpaired) electrons. The van der Waals surface area contributed by atoms with E-state index in [9.17, 15) is 0 Å². The summed E-state index contributed by atoms with van der Waals surface area (Å²) < 4.78 is 2.39. The highest BCUT2D eigenvalue weighted by Gasteiger charge is 2.20. The van der Waals surface area contributed by atoms with Crippen LogP contribution in [-0.4, -0.2) is 19.5 Å². The van der Waals surface area contributed by atoms with Crippen molar-refractivity contribution in [1.82, 2.24) is 19.5 Å². The van der Waals surface area contributed by atoms with Gasteiger partial charge in [0.05, 0.1) is 11.0 Å². The van der Waals surface area contributed by atoms with Gasteiger partial charge in [-0.15, -0.1) is 0 Å². The van der Waals surface area contributed by atoms with Crippen LogP contribution in [0.2, 0.25) is 0 Å². The van der Waals surface area contributed by atoms with Crippen molar-refractivity contribution < 1.29 is 0 Å². The van der Waals surface area contributed by atoms with Crippen LogP contribution in [0.1, 0.15) is 0 Å². The normalized spacial score (nSPS) is 11.7. The van der Waals surface area contributed by atoms with Crippen LogP contribution in [-0.2, 0) is 0 Å². The van der Waals surface area contributed by atoms with Crippen LogP contribution in [0.25, 0.3) is 116 Å². The third-order valence-corrected chi connectivity index (χ3v) is 11.8. The van der Waals surface area contributed by atoms with Gasteiger partial charge in [-0.05, 0) is 96.7 Å². The van der Waals surface area contributed by atoms with E-state index in [4.69, 9.17) is 15.0 Å². The molecular weight excluding hydrogens is 717 g/mol. The van der Waals surface area contributed by atoms with Crippen molar-refractivity contribution in [2.24, 2.45) is 0 Å². The van der Waals surface area contributed by atoms with Crippen molar-refractivity contribution in [3.05, 3.63) is 206 Å². The van der Waals surface area contributed by atoms with E-state index in [0.717, 1.165) is 55.3 Å². The molecule has 0 unspecified atom stereocenters. The smallest absolute Gasteiger partial charge is 0.164 e. The number of hydrogen-bond donors (Lipinski definition) is 0. The van der Waals surface area contributed by atoms with Crippen molar-refractivity contribution in [3.63, 3.8) is 0 Å². The second-order valence-electron chi connectivity index (χ2n) is 15.2. The zero-order chi connectivity index (χ0) is 38.9.